The predicted octanol–water partition coefficient (Wildman–Crippen LogP) is 4.94. The van der Waals surface area contributed by atoms with Gasteiger partial charge in [-0.15, -0.1) is 0 Å². The zero-order valence-electron chi connectivity index (χ0n) is 16.1. The Hall–Kier alpha value is -3.27. The molecule has 1 heterocycles. The Balaban J connectivity index is 1.61. The van der Waals surface area contributed by atoms with Crippen molar-refractivity contribution in [2.75, 3.05) is 7.11 Å². The van der Waals surface area contributed by atoms with Gasteiger partial charge in [0.05, 0.1) is 18.1 Å². The van der Waals surface area contributed by atoms with Crippen molar-refractivity contribution >= 4 is 22.4 Å². The molecule has 1 aliphatic rings. The van der Waals surface area contributed by atoms with Gasteiger partial charge in [0.25, 0.3) is 0 Å². The van der Waals surface area contributed by atoms with Crippen molar-refractivity contribution in [2.45, 2.75) is 26.2 Å². The van der Waals surface area contributed by atoms with Crippen LogP contribution in [0, 0.1) is 0 Å². The standard InChI is InChI=1S/C24H22N2O2/c1-16-18(7-6-17-4-3-5-21(12-17)28-2)13-20(15-24(16)27)19-8-9-22-23(14-19)26-11-10-25-22/h3-5,8-14H,6-7,15H2,1-2H3. The van der Waals surface area contributed by atoms with Crippen LogP contribution in [0.4, 0.5) is 0 Å². The van der Waals surface area contributed by atoms with Crippen LogP contribution in [-0.4, -0.2) is 22.9 Å². The molecule has 0 saturated carbocycles. The summed E-state index contributed by atoms with van der Waals surface area (Å²) in [5, 5.41) is 0. The number of allylic oxidation sites excluding steroid dienone is 4. The molecule has 0 bridgehead atoms. The van der Waals surface area contributed by atoms with E-state index in [1.165, 1.54) is 5.56 Å². The average Bonchev–Trinajstić information content (AvgIpc) is 2.74. The number of fused-ring (bicyclic) bond motifs is 1. The van der Waals surface area contributed by atoms with Crippen LogP contribution in [0.3, 0.4) is 0 Å². The number of nitrogens with zero attached hydrogens (tertiary/aromatic N) is 2. The normalized spacial score (nSPS) is 14.4. The summed E-state index contributed by atoms with van der Waals surface area (Å²) in [5.74, 6) is 1.05. The molecule has 4 heteroatoms. The lowest BCUT2D eigenvalue weighted by atomic mass is 9.86. The molecule has 1 aliphatic carbocycles. The molecule has 0 spiro atoms. The molecule has 0 unspecified atom stereocenters. The smallest absolute Gasteiger partial charge is 0.163 e. The maximum absolute atomic E-state index is 12.6. The van der Waals surface area contributed by atoms with Gasteiger partial charge in [-0.1, -0.05) is 24.3 Å². The van der Waals surface area contributed by atoms with Crippen molar-refractivity contribution in [3.63, 3.8) is 0 Å². The zero-order valence-corrected chi connectivity index (χ0v) is 16.1. The molecule has 140 valence electrons. The van der Waals surface area contributed by atoms with E-state index in [0.29, 0.717) is 6.42 Å². The van der Waals surface area contributed by atoms with Gasteiger partial charge >= 0.3 is 0 Å². The maximum atomic E-state index is 12.6. The Labute approximate surface area is 164 Å². The van der Waals surface area contributed by atoms with Crippen molar-refractivity contribution in [1.29, 1.82) is 0 Å². The second kappa shape index (κ2) is 7.77. The topological polar surface area (TPSA) is 52.1 Å². The number of hydrogen-bond acceptors (Lipinski definition) is 4. The molecule has 0 N–H and O–H groups in total. The van der Waals surface area contributed by atoms with E-state index in [9.17, 15) is 4.79 Å². The summed E-state index contributed by atoms with van der Waals surface area (Å²) in [7, 11) is 1.68. The third kappa shape index (κ3) is 3.72. The van der Waals surface area contributed by atoms with Crippen LogP contribution in [0.5, 0.6) is 5.75 Å². The second-order valence-electron chi connectivity index (χ2n) is 7.03. The molecule has 0 atom stereocenters. The van der Waals surface area contributed by atoms with Gasteiger partial charge in [-0.2, -0.15) is 0 Å². The lowest BCUT2D eigenvalue weighted by Crippen LogP contribution is -2.10. The minimum atomic E-state index is 0.192. The Morgan fingerprint density at radius 3 is 2.64 bits per heavy atom. The van der Waals surface area contributed by atoms with Crippen LogP contribution in [0.15, 0.2) is 72.1 Å². The Bertz CT molecular complexity index is 1110. The molecule has 4 nitrogen and oxygen atoms in total. The number of hydrogen-bond donors (Lipinski definition) is 0. The summed E-state index contributed by atoms with van der Waals surface area (Å²) in [6.45, 7) is 1.93. The summed E-state index contributed by atoms with van der Waals surface area (Å²) in [6, 6.07) is 14.1. The van der Waals surface area contributed by atoms with E-state index in [-0.39, 0.29) is 5.78 Å². The van der Waals surface area contributed by atoms with Gasteiger partial charge in [0, 0.05) is 18.8 Å². The highest BCUT2D eigenvalue weighted by Gasteiger charge is 2.19. The predicted molar refractivity (Wildman–Crippen MR) is 111 cm³/mol. The van der Waals surface area contributed by atoms with Crippen LogP contribution in [-0.2, 0) is 11.2 Å². The van der Waals surface area contributed by atoms with E-state index < -0.39 is 0 Å². The van der Waals surface area contributed by atoms with E-state index in [2.05, 4.69) is 22.1 Å². The number of aromatic nitrogens is 2. The fourth-order valence-corrected chi connectivity index (χ4v) is 3.57. The molecule has 0 saturated heterocycles. The van der Waals surface area contributed by atoms with Crippen LogP contribution >= 0.6 is 0 Å². The van der Waals surface area contributed by atoms with Crippen LogP contribution in [0.1, 0.15) is 30.9 Å². The fourth-order valence-electron chi connectivity index (χ4n) is 3.57. The van der Waals surface area contributed by atoms with E-state index in [1.54, 1.807) is 19.5 Å². The molecule has 28 heavy (non-hydrogen) atoms. The van der Waals surface area contributed by atoms with E-state index >= 15 is 0 Å². The number of carbonyl (C=O) groups is 1. The summed E-state index contributed by atoms with van der Waals surface area (Å²) in [5.41, 5.74) is 6.96. The molecular weight excluding hydrogens is 348 g/mol. The minimum absolute atomic E-state index is 0.192. The first-order valence-corrected chi connectivity index (χ1v) is 9.41. The van der Waals surface area contributed by atoms with Crippen molar-refractivity contribution in [2.24, 2.45) is 0 Å². The lowest BCUT2D eigenvalue weighted by molar-refractivity contribution is -0.114. The largest absolute Gasteiger partial charge is 0.497 e. The third-order valence-corrected chi connectivity index (χ3v) is 5.26. The molecular formula is C24H22N2O2. The Morgan fingerprint density at radius 1 is 1.00 bits per heavy atom. The highest BCUT2D eigenvalue weighted by Crippen LogP contribution is 2.31. The first-order chi connectivity index (χ1) is 13.6. The lowest BCUT2D eigenvalue weighted by Gasteiger charge is -2.18. The van der Waals surface area contributed by atoms with Crippen molar-refractivity contribution in [3.8, 4) is 5.75 Å². The van der Waals surface area contributed by atoms with Crippen LogP contribution in [0.2, 0.25) is 0 Å². The zero-order chi connectivity index (χ0) is 19.5. The Kier molecular flexibility index (Phi) is 5.02. The van der Waals surface area contributed by atoms with Gasteiger partial charge in [0.1, 0.15) is 5.75 Å². The summed E-state index contributed by atoms with van der Waals surface area (Å²) in [4.78, 5) is 21.3. The molecule has 0 radical (unpaired) electrons. The molecule has 3 aromatic rings. The number of ether oxygens (including phenoxy) is 1. The van der Waals surface area contributed by atoms with Gasteiger partial charge in [-0.25, -0.2) is 0 Å². The molecule has 0 fully saturated rings. The number of rotatable bonds is 5. The third-order valence-electron chi connectivity index (χ3n) is 5.26. The molecule has 0 aliphatic heterocycles. The van der Waals surface area contributed by atoms with Crippen molar-refractivity contribution in [3.05, 3.63) is 83.2 Å². The highest BCUT2D eigenvalue weighted by atomic mass is 16.5. The first-order valence-electron chi connectivity index (χ1n) is 9.41. The van der Waals surface area contributed by atoms with Crippen LogP contribution in [0.25, 0.3) is 16.6 Å². The Morgan fingerprint density at radius 2 is 1.82 bits per heavy atom. The van der Waals surface area contributed by atoms with Gasteiger partial charge < -0.3 is 4.74 Å². The highest BCUT2D eigenvalue weighted by molar-refractivity contribution is 6.05. The van der Waals surface area contributed by atoms with E-state index in [0.717, 1.165) is 51.9 Å². The van der Waals surface area contributed by atoms with Gasteiger partial charge in [-0.3, -0.25) is 14.8 Å². The number of ketones is 1. The number of aryl methyl sites for hydroxylation is 1. The van der Waals surface area contributed by atoms with Gasteiger partial charge in [0.15, 0.2) is 5.78 Å². The van der Waals surface area contributed by atoms with E-state index in [4.69, 9.17) is 4.74 Å². The first kappa shape index (κ1) is 18.1. The van der Waals surface area contributed by atoms with Gasteiger partial charge in [0.2, 0.25) is 0 Å². The van der Waals surface area contributed by atoms with E-state index in [1.807, 2.05) is 43.3 Å². The van der Waals surface area contributed by atoms with Gasteiger partial charge in [-0.05, 0) is 71.9 Å². The number of methoxy groups -OCH3 is 1. The second-order valence-corrected chi connectivity index (χ2v) is 7.03. The molecule has 4 rings (SSSR count). The van der Waals surface area contributed by atoms with Crippen molar-refractivity contribution < 1.29 is 9.53 Å². The number of Topliss-reactive ketones (excluding diaryl/α,β-unsaturated/α-hetero) is 1. The number of benzene rings is 2. The molecule has 1 aromatic heterocycles. The fraction of sp³-hybridized carbons (Fsp3) is 0.208. The number of carbonyl (C=O) groups excluding carboxylic acids is 1. The monoisotopic (exact) mass is 370 g/mol. The molecule has 0 amide bonds. The maximum Gasteiger partial charge on any atom is 0.163 e. The average molecular weight is 370 g/mol. The minimum Gasteiger partial charge on any atom is -0.497 e. The quantitative estimate of drug-likeness (QED) is 0.638. The van der Waals surface area contributed by atoms with Crippen molar-refractivity contribution in [1.82, 2.24) is 9.97 Å². The summed E-state index contributed by atoms with van der Waals surface area (Å²) in [6.07, 6.45) is 7.67. The summed E-state index contributed by atoms with van der Waals surface area (Å²) >= 11 is 0. The molecule has 2 aromatic carbocycles. The SMILES string of the molecule is COc1cccc(CCC2=C(C)C(=O)CC(c3ccc4nccnc4c3)=C2)c1. The summed E-state index contributed by atoms with van der Waals surface area (Å²) < 4.78 is 5.31. The van der Waals surface area contributed by atoms with Crippen LogP contribution < -0.4 is 4.74 Å².